The van der Waals surface area contributed by atoms with E-state index in [9.17, 15) is 9.59 Å². The highest BCUT2D eigenvalue weighted by Crippen LogP contribution is 2.10. The molecular weight excluding hydrogens is 340 g/mol. The molecule has 160 valence electrons. The summed E-state index contributed by atoms with van der Waals surface area (Å²) in [7, 11) is 0. The number of carbonyl (C=O) groups excluding carboxylic acids is 2. The fraction of sp³-hybridized carbons (Fsp3) is 0.909. The molecule has 0 bridgehead atoms. The summed E-state index contributed by atoms with van der Waals surface area (Å²) >= 11 is 0. The van der Waals surface area contributed by atoms with Crippen LogP contribution in [0.3, 0.4) is 0 Å². The summed E-state index contributed by atoms with van der Waals surface area (Å²) in [5.74, 6) is -0.168. The molecule has 0 aromatic rings. The maximum Gasteiger partial charge on any atom is 0.322 e. The molecule has 0 aliphatic heterocycles. The fourth-order valence-corrected chi connectivity index (χ4v) is 2.94. The van der Waals surface area contributed by atoms with Crippen molar-refractivity contribution in [1.29, 1.82) is 0 Å². The topological polar surface area (TPSA) is 81.4 Å². The maximum absolute atomic E-state index is 11.8. The van der Waals surface area contributed by atoms with Gasteiger partial charge in [-0.05, 0) is 32.1 Å². The zero-order valence-corrected chi connectivity index (χ0v) is 17.9. The highest BCUT2D eigenvalue weighted by molar-refractivity contribution is 5.76. The molecule has 0 spiro atoms. The third-order valence-corrected chi connectivity index (χ3v) is 4.82. The third-order valence-electron chi connectivity index (χ3n) is 4.82. The summed E-state index contributed by atoms with van der Waals surface area (Å²) in [4.78, 5) is 23.4. The summed E-state index contributed by atoms with van der Waals surface area (Å²) in [6, 6.07) is -0.542. The number of nitrogens with two attached hydrogens (primary N) is 1. The summed E-state index contributed by atoms with van der Waals surface area (Å²) in [5.41, 5.74) is 5.82. The molecule has 1 amide bonds. The summed E-state index contributed by atoms with van der Waals surface area (Å²) < 4.78 is 5.10. The Bertz CT molecular complexity index is 361. The SMILES string of the molecule is CCCCCCCCCCCC(=O)NCCCCC(N)C(=O)OCCCC. The first kappa shape index (κ1) is 25.9. The molecule has 0 fully saturated rings. The minimum Gasteiger partial charge on any atom is -0.465 e. The van der Waals surface area contributed by atoms with Crippen molar-refractivity contribution in [2.24, 2.45) is 5.73 Å². The van der Waals surface area contributed by atoms with E-state index in [1.165, 1.54) is 44.9 Å². The first-order valence-electron chi connectivity index (χ1n) is 11.3. The van der Waals surface area contributed by atoms with Gasteiger partial charge in [0, 0.05) is 13.0 Å². The number of hydrogen-bond acceptors (Lipinski definition) is 4. The van der Waals surface area contributed by atoms with Gasteiger partial charge in [-0.2, -0.15) is 0 Å². The van der Waals surface area contributed by atoms with Crippen LogP contribution in [-0.2, 0) is 14.3 Å². The maximum atomic E-state index is 11.8. The second-order valence-electron chi connectivity index (χ2n) is 7.55. The molecule has 0 rings (SSSR count). The summed E-state index contributed by atoms with van der Waals surface area (Å²) in [5, 5.41) is 2.96. The predicted octanol–water partition coefficient (Wildman–Crippen LogP) is 4.86. The zero-order chi connectivity index (χ0) is 20.2. The van der Waals surface area contributed by atoms with Crippen LogP contribution in [0.1, 0.15) is 110 Å². The molecule has 0 aliphatic rings. The van der Waals surface area contributed by atoms with E-state index >= 15 is 0 Å². The average molecular weight is 385 g/mol. The Morgan fingerprint density at radius 3 is 2.04 bits per heavy atom. The van der Waals surface area contributed by atoms with Crippen LogP contribution in [0.15, 0.2) is 0 Å². The number of ether oxygens (including phenoxy) is 1. The van der Waals surface area contributed by atoms with Crippen LogP contribution in [0.5, 0.6) is 0 Å². The minimum absolute atomic E-state index is 0.140. The Morgan fingerprint density at radius 1 is 0.815 bits per heavy atom. The molecule has 5 heteroatoms. The third kappa shape index (κ3) is 18.0. The smallest absolute Gasteiger partial charge is 0.322 e. The standard InChI is InChI=1S/C22H44N2O3/c1-3-5-7-8-9-10-11-12-13-17-21(25)24-18-15-14-16-20(23)22(26)27-19-6-4-2/h20H,3-19,23H2,1-2H3,(H,24,25). The van der Waals surface area contributed by atoms with Crippen molar-refractivity contribution in [1.82, 2.24) is 5.32 Å². The van der Waals surface area contributed by atoms with Gasteiger partial charge in [-0.25, -0.2) is 0 Å². The average Bonchev–Trinajstić information content (AvgIpc) is 2.66. The van der Waals surface area contributed by atoms with Gasteiger partial charge in [0.15, 0.2) is 0 Å². The van der Waals surface area contributed by atoms with Gasteiger partial charge in [0.1, 0.15) is 6.04 Å². The number of carbonyl (C=O) groups is 2. The first-order valence-corrected chi connectivity index (χ1v) is 11.3. The lowest BCUT2D eigenvalue weighted by Crippen LogP contribution is -2.32. The van der Waals surface area contributed by atoms with Crippen molar-refractivity contribution in [3.05, 3.63) is 0 Å². The fourth-order valence-electron chi connectivity index (χ4n) is 2.94. The molecule has 5 nitrogen and oxygen atoms in total. The van der Waals surface area contributed by atoms with E-state index in [0.29, 0.717) is 26.0 Å². The lowest BCUT2D eigenvalue weighted by molar-refractivity contribution is -0.145. The van der Waals surface area contributed by atoms with Gasteiger partial charge in [0.25, 0.3) is 0 Å². The number of esters is 1. The zero-order valence-electron chi connectivity index (χ0n) is 17.9. The quantitative estimate of drug-likeness (QED) is 0.246. The molecule has 0 radical (unpaired) electrons. The summed E-state index contributed by atoms with van der Waals surface area (Å²) in [6.07, 6.45) is 16.2. The molecule has 0 heterocycles. The van der Waals surface area contributed by atoms with Gasteiger partial charge in [0.05, 0.1) is 6.61 Å². The number of amides is 1. The van der Waals surface area contributed by atoms with Crippen LogP contribution in [0.4, 0.5) is 0 Å². The Morgan fingerprint density at radius 2 is 1.41 bits per heavy atom. The highest BCUT2D eigenvalue weighted by Gasteiger charge is 2.14. The van der Waals surface area contributed by atoms with Gasteiger partial charge < -0.3 is 15.8 Å². The van der Waals surface area contributed by atoms with E-state index in [1.807, 2.05) is 0 Å². The van der Waals surface area contributed by atoms with Crippen molar-refractivity contribution >= 4 is 11.9 Å². The molecule has 3 N–H and O–H groups in total. The van der Waals surface area contributed by atoms with Gasteiger partial charge in [-0.15, -0.1) is 0 Å². The van der Waals surface area contributed by atoms with Gasteiger partial charge in [-0.1, -0.05) is 71.6 Å². The lowest BCUT2D eigenvalue weighted by Gasteiger charge is -2.11. The Kier molecular flexibility index (Phi) is 18.9. The molecule has 1 unspecified atom stereocenters. The normalized spacial score (nSPS) is 12.0. The van der Waals surface area contributed by atoms with E-state index < -0.39 is 6.04 Å². The van der Waals surface area contributed by atoms with Crippen LogP contribution in [-0.4, -0.2) is 31.1 Å². The Hall–Kier alpha value is -1.10. The van der Waals surface area contributed by atoms with Crippen molar-refractivity contribution in [2.45, 2.75) is 116 Å². The van der Waals surface area contributed by atoms with Crippen molar-refractivity contribution < 1.29 is 14.3 Å². The van der Waals surface area contributed by atoms with Crippen LogP contribution in [0.25, 0.3) is 0 Å². The van der Waals surface area contributed by atoms with Crippen molar-refractivity contribution in [2.75, 3.05) is 13.2 Å². The first-order chi connectivity index (χ1) is 13.1. The van der Waals surface area contributed by atoms with E-state index in [1.54, 1.807) is 0 Å². The molecule has 0 aliphatic carbocycles. The second kappa shape index (κ2) is 19.7. The van der Waals surface area contributed by atoms with E-state index in [2.05, 4.69) is 19.2 Å². The van der Waals surface area contributed by atoms with Gasteiger partial charge >= 0.3 is 5.97 Å². The van der Waals surface area contributed by atoms with Crippen LogP contribution in [0.2, 0.25) is 0 Å². The van der Waals surface area contributed by atoms with Gasteiger partial charge in [-0.3, -0.25) is 9.59 Å². The molecule has 0 saturated carbocycles. The monoisotopic (exact) mass is 384 g/mol. The van der Waals surface area contributed by atoms with Crippen LogP contribution >= 0.6 is 0 Å². The predicted molar refractivity (Wildman–Crippen MR) is 113 cm³/mol. The number of hydrogen-bond donors (Lipinski definition) is 2. The molecular formula is C22H44N2O3. The molecule has 0 saturated heterocycles. The largest absolute Gasteiger partial charge is 0.465 e. The van der Waals surface area contributed by atoms with E-state index in [0.717, 1.165) is 38.5 Å². The Labute approximate surface area is 167 Å². The van der Waals surface area contributed by atoms with Crippen LogP contribution < -0.4 is 11.1 Å². The minimum atomic E-state index is -0.542. The van der Waals surface area contributed by atoms with E-state index in [-0.39, 0.29) is 11.9 Å². The Balaban J connectivity index is 3.39. The number of unbranched alkanes of at least 4 members (excludes halogenated alkanes) is 10. The molecule has 0 aromatic heterocycles. The lowest BCUT2D eigenvalue weighted by atomic mass is 10.1. The van der Waals surface area contributed by atoms with Gasteiger partial charge in [0.2, 0.25) is 5.91 Å². The molecule has 1 atom stereocenters. The molecule has 0 aromatic carbocycles. The van der Waals surface area contributed by atoms with E-state index in [4.69, 9.17) is 10.5 Å². The van der Waals surface area contributed by atoms with Crippen molar-refractivity contribution in [3.63, 3.8) is 0 Å². The second-order valence-corrected chi connectivity index (χ2v) is 7.55. The highest BCUT2D eigenvalue weighted by atomic mass is 16.5. The summed E-state index contributed by atoms with van der Waals surface area (Å²) in [6.45, 7) is 5.41. The number of rotatable bonds is 19. The molecule has 27 heavy (non-hydrogen) atoms. The van der Waals surface area contributed by atoms with Crippen LogP contribution in [0, 0.1) is 0 Å². The van der Waals surface area contributed by atoms with Crippen molar-refractivity contribution in [3.8, 4) is 0 Å². The number of nitrogens with one attached hydrogen (secondary N) is 1.